The number of aromatic nitrogens is 4. The van der Waals surface area contributed by atoms with Crippen LogP contribution in [0.25, 0.3) is 22.4 Å². The van der Waals surface area contributed by atoms with Crippen molar-refractivity contribution in [3.63, 3.8) is 0 Å². The minimum absolute atomic E-state index is 0.201. The Morgan fingerprint density at radius 2 is 2.24 bits per heavy atom. The van der Waals surface area contributed by atoms with Gasteiger partial charge >= 0.3 is 0 Å². The van der Waals surface area contributed by atoms with Crippen LogP contribution in [0.15, 0.2) is 24.4 Å². The smallest absolute Gasteiger partial charge is 0.143 e. The number of fused-ring (bicyclic) bond motifs is 1. The Morgan fingerprint density at radius 3 is 2.94 bits per heavy atom. The lowest BCUT2D eigenvalue weighted by molar-refractivity contribution is 0.476. The molecule has 17 heavy (non-hydrogen) atoms. The molecule has 0 bridgehead atoms. The molecule has 0 aliphatic carbocycles. The first-order valence-corrected chi connectivity index (χ1v) is 5.12. The maximum Gasteiger partial charge on any atom is 0.143 e. The second-order valence-corrected chi connectivity index (χ2v) is 3.85. The molecule has 3 rings (SSSR count). The van der Waals surface area contributed by atoms with Crippen molar-refractivity contribution in [2.45, 2.75) is 0 Å². The van der Waals surface area contributed by atoms with Gasteiger partial charge < -0.3 is 15.8 Å². The zero-order valence-corrected chi connectivity index (χ0v) is 9.18. The third kappa shape index (κ3) is 1.42. The molecule has 4 N–H and O–H groups in total. The molecule has 6 heteroatoms. The van der Waals surface area contributed by atoms with Gasteiger partial charge in [0.2, 0.25) is 0 Å². The summed E-state index contributed by atoms with van der Waals surface area (Å²) in [4.78, 5) is 7.50. The number of aromatic amines is 1. The minimum Gasteiger partial charge on any atom is -0.508 e. The molecular formula is C11H11N5O. The summed E-state index contributed by atoms with van der Waals surface area (Å²) < 4.78 is 1.58. The molecule has 6 nitrogen and oxygen atoms in total. The van der Waals surface area contributed by atoms with Gasteiger partial charge in [0, 0.05) is 13.1 Å². The lowest BCUT2D eigenvalue weighted by Crippen LogP contribution is -1.98. The van der Waals surface area contributed by atoms with Crippen LogP contribution in [0, 0.1) is 0 Å². The third-order valence-corrected chi connectivity index (χ3v) is 2.71. The summed E-state index contributed by atoms with van der Waals surface area (Å²) in [5.41, 5.74) is 8.18. The van der Waals surface area contributed by atoms with Gasteiger partial charge in [0.15, 0.2) is 0 Å². The summed E-state index contributed by atoms with van der Waals surface area (Å²) in [7, 11) is 1.77. The topological polar surface area (TPSA) is 92.7 Å². The normalized spacial score (nSPS) is 11.1. The van der Waals surface area contributed by atoms with Crippen LogP contribution in [0.1, 0.15) is 0 Å². The summed E-state index contributed by atoms with van der Waals surface area (Å²) in [6, 6.07) is 4.97. The van der Waals surface area contributed by atoms with Gasteiger partial charge in [-0.3, -0.25) is 4.68 Å². The van der Waals surface area contributed by atoms with Gasteiger partial charge in [0.05, 0.1) is 22.8 Å². The van der Waals surface area contributed by atoms with Crippen molar-refractivity contribution in [1.82, 2.24) is 19.7 Å². The van der Waals surface area contributed by atoms with Gasteiger partial charge in [0.1, 0.15) is 17.4 Å². The molecule has 0 saturated heterocycles. The Morgan fingerprint density at radius 1 is 1.41 bits per heavy atom. The molecule has 2 aromatic heterocycles. The Balaban J connectivity index is 2.21. The predicted molar refractivity (Wildman–Crippen MR) is 64.4 cm³/mol. The number of hydrogen-bond donors (Lipinski definition) is 3. The summed E-state index contributed by atoms with van der Waals surface area (Å²) in [5, 5.41) is 13.4. The summed E-state index contributed by atoms with van der Waals surface area (Å²) in [6.07, 6.45) is 1.66. The average molecular weight is 229 g/mol. The van der Waals surface area contributed by atoms with Crippen LogP contribution in [-0.2, 0) is 7.05 Å². The van der Waals surface area contributed by atoms with Crippen LogP contribution in [0.3, 0.4) is 0 Å². The summed E-state index contributed by atoms with van der Waals surface area (Å²) in [6.45, 7) is 0. The van der Waals surface area contributed by atoms with Gasteiger partial charge in [-0.25, -0.2) is 4.98 Å². The third-order valence-electron chi connectivity index (χ3n) is 2.71. The Bertz CT molecular complexity index is 697. The van der Waals surface area contributed by atoms with Crippen molar-refractivity contribution < 1.29 is 5.11 Å². The number of rotatable bonds is 1. The molecule has 0 amide bonds. The van der Waals surface area contributed by atoms with E-state index in [2.05, 4.69) is 15.1 Å². The molecule has 0 aliphatic heterocycles. The van der Waals surface area contributed by atoms with Crippen molar-refractivity contribution >= 4 is 16.9 Å². The number of phenols is 1. The Labute approximate surface area is 96.7 Å². The largest absolute Gasteiger partial charge is 0.508 e. The van der Waals surface area contributed by atoms with E-state index in [1.807, 2.05) is 0 Å². The van der Waals surface area contributed by atoms with Crippen molar-refractivity contribution in [3.05, 3.63) is 24.4 Å². The molecule has 0 saturated carbocycles. The average Bonchev–Trinajstić information content (AvgIpc) is 2.83. The number of phenolic OH excluding ortho intramolecular Hbond substituents is 1. The van der Waals surface area contributed by atoms with E-state index in [0.29, 0.717) is 11.6 Å². The van der Waals surface area contributed by atoms with E-state index in [0.717, 1.165) is 16.6 Å². The fourth-order valence-corrected chi connectivity index (χ4v) is 1.75. The van der Waals surface area contributed by atoms with Crippen molar-refractivity contribution in [2.75, 3.05) is 5.73 Å². The first-order valence-electron chi connectivity index (χ1n) is 5.12. The number of nitrogens with two attached hydrogens (primary N) is 1. The van der Waals surface area contributed by atoms with Crippen LogP contribution >= 0.6 is 0 Å². The van der Waals surface area contributed by atoms with E-state index < -0.39 is 0 Å². The van der Waals surface area contributed by atoms with Gasteiger partial charge in [-0.15, -0.1) is 0 Å². The quantitative estimate of drug-likeness (QED) is 0.585. The standard InChI is InChI=1S/C11H11N5O/c1-16-10(12)7(5-13-16)11-14-8-3-2-6(17)4-9(8)15-11/h2-5,17H,12H2,1H3,(H,14,15). The minimum atomic E-state index is 0.201. The first-order chi connectivity index (χ1) is 8.15. The molecule has 0 aliphatic rings. The fourth-order valence-electron chi connectivity index (χ4n) is 1.75. The van der Waals surface area contributed by atoms with E-state index >= 15 is 0 Å². The van der Waals surface area contributed by atoms with Crippen LogP contribution in [0.2, 0.25) is 0 Å². The fraction of sp³-hybridized carbons (Fsp3) is 0.0909. The number of benzene rings is 1. The van der Waals surface area contributed by atoms with Crippen LogP contribution < -0.4 is 5.73 Å². The highest BCUT2D eigenvalue weighted by molar-refractivity contribution is 5.82. The van der Waals surface area contributed by atoms with Crippen LogP contribution in [0.5, 0.6) is 5.75 Å². The monoisotopic (exact) mass is 229 g/mol. The number of H-pyrrole nitrogens is 1. The number of aromatic hydroxyl groups is 1. The molecule has 0 fully saturated rings. The lowest BCUT2D eigenvalue weighted by Gasteiger charge is -1.95. The lowest BCUT2D eigenvalue weighted by atomic mass is 10.3. The van der Waals surface area contributed by atoms with E-state index in [4.69, 9.17) is 5.73 Å². The molecule has 0 spiro atoms. The predicted octanol–water partition coefficient (Wildman–Crippen LogP) is 1.25. The van der Waals surface area contributed by atoms with Gasteiger partial charge in [-0.05, 0) is 12.1 Å². The van der Waals surface area contributed by atoms with Crippen LogP contribution in [-0.4, -0.2) is 24.9 Å². The first kappa shape index (κ1) is 9.71. The molecule has 86 valence electrons. The maximum absolute atomic E-state index is 9.38. The zero-order valence-electron chi connectivity index (χ0n) is 9.18. The SMILES string of the molecule is Cn1ncc(-c2nc3ccc(O)cc3[nH]2)c1N. The highest BCUT2D eigenvalue weighted by atomic mass is 16.3. The molecular weight excluding hydrogens is 218 g/mol. The van der Waals surface area contributed by atoms with Gasteiger partial charge in [0.25, 0.3) is 0 Å². The van der Waals surface area contributed by atoms with Crippen molar-refractivity contribution in [3.8, 4) is 17.1 Å². The Hall–Kier alpha value is -2.50. The highest BCUT2D eigenvalue weighted by Crippen LogP contribution is 2.26. The van der Waals surface area contributed by atoms with E-state index in [9.17, 15) is 5.11 Å². The summed E-state index contributed by atoms with van der Waals surface area (Å²) >= 11 is 0. The van der Waals surface area contributed by atoms with E-state index in [1.165, 1.54) is 0 Å². The number of imidazole rings is 1. The number of nitrogens with zero attached hydrogens (tertiary/aromatic N) is 3. The molecule has 0 radical (unpaired) electrons. The maximum atomic E-state index is 9.38. The van der Waals surface area contributed by atoms with Crippen molar-refractivity contribution in [1.29, 1.82) is 0 Å². The number of hydrogen-bond acceptors (Lipinski definition) is 4. The number of aryl methyl sites for hydroxylation is 1. The van der Waals surface area contributed by atoms with E-state index in [1.54, 1.807) is 36.1 Å². The zero-order chi connectivity index (χ0) is 12.0. The number of nitrogens with one attached hydrogen (secondary N) is 1. The number of nitrogen functional groups attached to an aromatic ring is 1. The molecule has 1 aromatic carbocycles. The second-order valence-electron chi connectivity index (χ2n) is 3.85. The van der Waals surface area contributed by atoms with Crippen LogP contribution in [0.4, 0.5) is 5.82 Å². The van der Waals surface area contributed by atoms with Crippen molar-refractivity contribution in [2.24, 2.45) is 7.05 Å². The Kier molecular flexibility index (Phi) is 1.85. The van der Waals surface area contributed by atoms with Gasteiger partial charge in [-0.2, -0.15) is 5.10 Å². The second kappa shape index (κ2) is 3.24. The molecule has 0 atom stereocenters. The highest BCUT2D eigenvalue weighted by Gasteiger charge is 2.11. The van der Waals surface area contributed by atoms with Gasteiger partial charge in [-0.1, -0.05) is 0 Å². The van der Waals surface area contributed by atoms with E-state index in [-0.39, 0.29) is 5.75 Å². The molecule has 0 unspecified atom stereocenters. The molecule has 3 aromatic rings. The molecule has 2 heterocycles. The summed E-state index contributed by atoms with van der Waals surface area (Å²) in [5.74, 6) is 1.40. The number of anilines is 1.